The van der Waals surface area contributed by atoms with E-state index in [-0.39, 0.29) is 0 Å². The number of unbranched alkanes of at least 4 members (excludes halogenated alkanes) is 1. The first-order valence-corrected chi connectivity index (χ1v) is 8.22. The van der Waals surface area contributed by atoms with Gasteiger partial charge in [0.2, 0.25) is 0 Å². The lowest BCUT2D eigenvalue weighted by Gasteiger charge is -2.31. The van der Waals surface area contributed by atoms with Gasteiger partial charge in [-0.25, -0.2) is 0 Å². The molecule has 1 saturated heterocycles. The van der Waals surface area contributed by atoms with Crippen molar-refractivity contribution in [3.63, 3.8) is 0 Å². The van der Waals surface area contributed by atoms with E-state index in [0.29, 0.717) is 6.04 Å². The normalized spacial score (nSPS) is 20.2. The van der Waals surface area contributed by atoms with Gasteiger partial charge < -0.3 is 10.2 Å². The molecule has 0 spiro atoms. The van der Waals surface area contributed by atoms with Crippen LogP contribution < -0.4 is 5.32 Å². The van der Waals surface area contributed by atoms with Crippen molar-refractivity contribution in [2.45, 2.75) is 71.8 Å². The van der Waals surface area contributed by atoms with E-state index >= 15 is 0 Å². The molecule has 2 nitrogen and oxygen atoms in total. The second-order valence-corrected chi connectivity index (χ2v) is 6.03. The van der Waals surface area contributed by atoms with Crippen LogP contribution in [0.4, 0.5) is 0 Å². The van der Waals surface area contributed by atoms with Crippen LogP contribution in [0, 0.1) is 5.92 Å². The average Bonchev–Trinajstić information content (AvgIpc) is 2.37. The van der Waals surface area contributed by atoms with Gasteiger partial charge in [-0.1, -0.05) is 33.1 Å². The van der Waals surface area contributed by atoms with Crippen LogP contribution in [0.1, 0.15) is 65.7 Å². The van der Waals surface area contributed by atoms with Crippen molar-refractivity contribution in [1.29, 1.82) is 0 Å². The molecule has 1 unspecified atom stereocenters. The molecule has 0 aromatic carbocycles. The topological polar surface area (TPSA) is 15.3 Å². The SMILES string of the molecule is CCCC1CCN(CCCCC(C)NCC)CC1. The average molecular weight is 254 g/mol. The Balaban J connectivity index is 1.97. The maximum Gasteiger partial charge on any atom is 0.00386 e. The summed E-state index contributed by atoms with van der Waals surface area (Å²) in [6, 6.07) is 0.699. The molecule has 1 atom stereocenters. The van der Waals surface area contributed by atoms with Gasteiger partial charge in [0.15, 0.2) is 0 Å². The monoisotopic (exact) mass is 254 g/mol. The molecule has 1 aliphatic heterocycles. The van der Waals surface area contributed by atoms with Crippen molar-refractivity contribution < 1.29 is 0 Å². The summed E-state index contributed by atoms with van der Waals surface area (Å²) in [6.07, 6.45) is 9.81. The molecule has 0 bridgehead atoms. The highest BCUT2D eigenvalue weighted by Gasteiger charge is 2.17. The Morgan fingerprint density at radius 3 is 2.50 bits per heavy atom. The largest absolute Gasteiger partial charge is 0.315 e. The van der Waals surface area contributed by atoms with Gasteiger partial charge in [0.25, 0.3) is 0 Å². The summed E-state index contributed by atoms with van der Waals surface area (Å²) < 4.78 is 0. The molecule has 0 aliphatic carbocycles. The van der Waals surface area contributed by atoms with Crippen LogP contribution in [0.2, 0.25) is 0 Å². The van der Waals surface area contributed by atoms with Crippen LogP contribution in [-0.4, -0.2) is 37.1 Å². The highest BCUT2D eigenvalue weighted by Crippen LogP contribution is 2.21. The van der Waals surface area contributed by atoms with E-state index < -0.39 is 0 Å². The molecule has 0 saturated carbocycles. The lowest BCUT2D eigenvalue weighted by Crippen LogP contribution is -2.34. The minimum Gasteiger partial charge on any atom is -0.315 e. The van der Waals surface area contributed by atoms with Gasteiger partial charge in [0.1, 0.15) is 0 Å². The Labute approximate surface area is 115 Å². The van der Waals surface area contributed by atoms with Crippen LogP contribution in [0.25, 0.3) is 0 Å². The minimum absolute atomic E-state index is 0.699. The van der Waals surface area contributed by atoms with E-state index in [1.807, 2.05) is 0 Å². The summed E-state index contributed by atoms with van der Waals surface area (Å²) in [7, 11) is 0. The first kappa shape index (κ1) is 16.0. The molecular weight excluding hydrogens is 220 g/mol. The zero-order valence-corrected chi connectivity index (χ0v) is 12.9. The van der Waals surface area contributed by atoms with E-state index in [0.717, 1.165) is 12.5 Å². The Hall–Kier alpha value is -0.0800. The third-order valence-corrected chi connectivity index (χ3v) is 4.32. The predicted molar refractivity (Wildman–Crippen MR) is 81.1 cm³/mol. The van der Waals surface area contributed by atoms with Gasteiger partial charge >= 0.3 is 0 Å². The van der Waals surface area contributed by atoms with E-state index in [1.165, 1.54) is 64.6 Å². The highest BCUT2D eigenvalue weighted by molar-refractivity contribution is 4.72. The molecule has 1 fully saturated rings. The van der Waals surface area contributed by atoms with Gasteiger partial charge in [-0.2, -0.15) is 0 Å². The molecule has 1 aliphatic rings. The smallest absolute Gasteiger partial charge is 0.00386 e. The molecule has 0 aromatic heterocycles. The maximum absolute atomic E-state index is 3.49. The summed E-state index contributed by atoms with van der Waals surface area (Å²) in [4.78, 5) is 2.68. The van der Waals surface area contributed by atoms with Crippen LogP contribution in [0.5, 0.6) is 0 Å². The predicted octanol–water partition coefficient (Wildman–Crippen LogP) is 3.67. The number of piperidine rings is 1. The van der Waals surface area contributed by atoms with Crippen LogP contribution in [0.15, 0.2) is 0 Å². The molecule has 18 heavy (non-hydrogen) atoms. The van der Waals surface area contributed by atoms with Crippen LogP contribution in [-0.2, 0) is 0 Å². The van der Waals surface area contributed by atoms with E-state index in [9.17, 15) is 0 Å². The zero-order valence-electron chi connectivity index (χ0n) is 12.9. The molecule has 1 heterocycles. The van der Waals surface area contributed by atoms with Crippen molar-refractivity contribution >= 4 is 0 Å². The quantitative estimate of drug-likeness (QED) is 0.632. The van der Waals surface area contributed by atoms with Gasteiger partial charge in [0, 0.05) is 6.04 Å². The Morgan fingerprint density at radius 2 is 1.89 bits per heavy atom. The number of hydrogen-bond acceptors (Lipinski definition) is 2. The number of nitrogens with one attached hydrogen (secondary N) is 1. The maximum atomic E-state index is 3.49. The highest BCUT2D eigenvalue weighted by atomic mass is 15.1. The van der Waals surface area contributed by atoms with Gasteiger partial charge in [-0.15, -0.1) is 0 Å². The molecule has 2 heteroatoms. The van der Waals surface area contributed by atoms with E-state index in [2.05, 4.69) is 31.0 Å². The molecule has 108 valence electrons. The Bertz CT molecular complexity index is 186. The Kier molecular flexibility index (Phi) is 8.70. The third kappa shape index (κ3) is 6.75. The number of likely N-dealkylation sites (tertiary alicyclic amines) is 1. The van der Waals surface area contributed by atoms with Gasteiger partial charge in [-0.05, 0) is 64.7 Å². The molecule has 0 aromatic rings. The molecule has 1 rings (SSSR count). The first-order valence-electron chi connectivity index (χ1n) is 8.22. The van der Waals surface area contributed by atoms with Gasteiger partial charge in [-0.3, -0.25) is 0 Å². The summed E-state index contributed by atoms with van der Waals surface area (Å²) in [5.74, 6) is 1.03. The van der Waals surface area contributed by atoms with Crippen LogP contribution in [0.3, 0.4) is 0 Å². The number of hydrogen-bond donors (Lipinski definition) is 1. The second-order valence-electron chi connectivity index (χ2n) is 6.03. The first-order chi connectivity index (χ1) is 8.76. The van der Waals surface area contributed by atoms with Crippen molar-refractivity contribution in [2.24, 2.45) is 5.92 Å². The third-order valence-electron chi connectivity index (χ3n) is 4.32. The molecular formula is C16H34N2. The summed E-state index contributed by atoms with van der Waals surface area (Å²) >= 11 is 0. The van der Waals surface area contributed by atoms with E-state index in [1.54, 1.807) is 0 Å². The molecule has 0 amide bonds. The fraction of sp³-hybridized carbons (Fsp3) is 1.00. The molecule has 1 N–H and O–H groups in total. The second kappa shape index (κ2) is 9.80. The number of nitrogens with zero attached hydrogens (tertiary/aromatic N) is 1. The van der Waals surface area contributed by atoms with E-state index in [4.69, 9.17) is 0 Å². The lowest BCUT2D eigenvalue weighted by atomic mass is 9.92. The summed E-state index contributed by atoms with van der Waals surface area (Å²) in [5, 5.41) is 3.49. The summed E-state index contributed by atoms with van der Waals surface area (Å²) in [5.41, 5.74) is 0. The number of rotatable bonds is 9. The Morgan fingerprint density at radius 1 is 1.17 bits per heavy atom. The summed E-state index contributed by atoms with van der Waals surface area (Å²) in [6.45, 7) is 12.0. The fourth-order valence-corrected chi connectivity index (χ4v) is 3.14. The zero-order chi connectivity index (χ0) is 13.2. The van der Waals surface area contributed by atoms with Crippen molar-refractivity contribution in [1.82, 2.24) is 10.2 Å². The minimum atomic E-state index is 0.699. The lowest BCUT2D eigenvalue weighted by molar-refractivity contribution is 0.175. The van der Waals surface area contributed by atoms with Crippen molar-refractivity contribution in [3.8, 4) is 0 Å². The van der Waals surface area contributed by atoms with Crippen molar-refractivity contribution in [3.05, 3.63) is 0 Å². The molecule has 0 radical (unpaired) electrons. The fourth-order valence-electron chi connectivity index (χ4n) is 3.14. The van der Waals surface area contributed by atoms with Crippen LogP contribution >= 0.6 is 0 Å². The van der Waals surface area contributed by atoms with Gasteiger partial charge in [0.05, 0.1) is 0 Å². The van der Waals surface area contributed by atoms with Crippen molar-refractivity contribution in [2.75, 3.05) is 26.2 Å². The standard InChI is InChI=1S/C16H34N2/c1-4-8-16-10-13-18(14-11-16)12-7-6-9-15(3)17-5-2/h15-17H,4-14H2,1-3H3.